The lowest BCUT2D eigenvalue weighted by molar-refractivity contribution is 0.00662. The highest BCUT2D eigenvalue weighted by molar-refractivity contribution is 5.02. The third-order valence-electron chi connectivity index (χ3n) is 3.04. The van der Waals surface area contributed by atoms with Gasteiger partial charge in [-0.2, -0.15) is 0 Å². The first kappa shape index (κ1) is 11.7. The molecule has 0 aromatic rings. The van der Waals surface area contributed by atoms with Crippen molar-refractivity contribution in [3.05, 3.63) is 12.0 Å². The van der Waals surface area contributed by atoms with Crippen molar-refractivity contribution in [3.63, 3.8) is 0 Å². The van der Waals surface area contributed by atoms with Gasteiger partial charge in [0.1, 0.15) is 12.4 Å². The smallest absolute Gasteiger partial charge is 0.122 e. The van der Waals surface area contributed by atoms with E-state index in [2.05, 4.69) is 4.90 Å². The summed E-state index contributed by atoms with van der Waals surface area (Å²) < 4.78 is 16.4. The van der Waals surface area contributed by atoms with E-state index in [0.717, 1.165) is 45.8 Å². The van der Waals surface area contributed by atoms with Gasteiger partial charge in [-0.3, -0.25) is 0 Å². The zero-order valence-corrected chi connectivity index (χ0v) is 9.98. The average Bonchev–Trinajstić information content (AvgIpc) is 2.38. The quantitative estimate of drug-likeness (QED) is 0.726. The molecule has 0 saturated carbocycles. The number of ether oxygens (including phenoxy) is 3. The molecule has 0 aromatic carbocycles. The van der Waals surface area contributed by atoms with E-state index >= 15 is 0 Å². The van der Waals surface area contributed by atoms with Gasteiger partial charge in [0.25, 0.3) is 0 Å². The van der Waals surface area contributed by atoms with Gasteiger partial charge in [-0.15, -0.1) is 0 Å². The second-order valence-electron chi connectivity index (χ2n) is 4.16. The van der Waals surface area contributed by atoms with Crippen LogP contribution in [0.4, 0.5) is 0 Å². The van der Waals surface area contributed by atoms with Crippen molar-refractivity contribution in [3.8, 4) is 0 Å². The minimum Gasteiger partial charge on any atom is -0.494 e. The van der Waals surface area contributed by atoms with Crippen LogP contribution >= 0.6 is 0 Å². The molecule has 16 heavy (non-hydrogen) atoms. The van der Waals surface area contributed by atoms with Gasteiger partial charge in [0, 0.05) is 25.4 Å². The fourth-order valence-electron chi connectivity index (χ4n) is 2.07. The number of rotatable bonds is 4. The van der Waals surface area contributed by atoms with Gasteiger partial charge in [0.05, 0.1) is 19.8 Å². The lowest BCUT2D eigenvalue weighted by Gasteiger charge is -2.34. The zero-order chi connectivity index (χ0) is 11.2. The van der Waals surface area contributed by atoms with Crippen LogP contribution in [0.2, 0.25) is 0 Å². The van der Waals surface area contributed by atoms with E-state index in [-0.39, 0.29) is 6.10 Å². The Morgan fingerprint density at radius 2 is 2.25 bits per heavy atom. The van der Waals surface area contributed by atoms with Gasteiger partial charge in [-0.1, -0.05) is 0 Å². The highest BCUT2D eigenvalue weighted by Gasteiger charge is 2.20. The summed E-state index contributed by atoms with van der Waals surface area (Å²) in [6.45, 7) is 7.14. The van der Waals surface area contributed by atoms with Gasteiger partial charge < -0.3 is 19.1 Å². The molecule has 4 heteroatoms. The first-order valence-corrected chi connectivity index (χ1v) is 6.15. The van der Waals surface area contributed by atoms with Crippen LogP contribution in [0, 0.1) is 0 Å². The minimum absolute atomic E-state index is 0.241. The highest BCUT2D eigenvalue weighted by Crippen LogP contribution is 2.21. The predicted octanol–water partition coefficient (Wildman–Crippen LogP) is 1.38. The van der Waals surface area contributed by atoms with Crippen molar-refractivity contribution in [2.45, 2.75) is 25.9 Å². The first-order chi connectivity index (χ1) is 7.90. The molecule has 0 aliphatic carbocycles. The van der Waals surface area contributed by atoms with E-state index in [1.54, 1.807) is 0 Å². The van der Waals surface area contributed by atoms with Crippen LogP contribution < -0.4 is 0 Å². The van der Waals surface area contributed by atoms with Crippen LogP contribution in [-0.2, 0) is 14.2 Å². The second kappa shape index (κ2) is 6.11. The van der Waals surface area contributed by atoms with Crippen molar-refractivity contribution < 1.29 is 14.2 Å². The second-order valence-corrected chi connectivity index (χ2v) is 4.16. The molecule has 1 fully saturated rings. The summed E-state index contributed by atoms with van der Waals surface area (Å²) in [6, 6.07) is 0. The molecule has 0 amide bonds. The van der Waals surface area contributed by atoms with E-state index in [1.165, 1.54) is 5.70 Å². The number of morpholine rings is 1. The molecule has 1 atom stereocenters. The Morgan fingerprint density at radius 3 is 2.88 bits per heavy atom. The van der Waals surface area contributed by atoms with Crippen molar-refractivity contribution >= 4 is 0 Å². The van der Waals surface area contributed by atoms with Crippen molar-refractivity contribution in [2.24, 2.45) is 0 Å². The molecule has 1 saturated heterocycles. The molecule has 4 nitrogen and oxygen atoms in total. The SMILES string of the molecule is CCOCC1CCC(N2CCOCC2)=CO1. The third-order valence-corrected chi connectivity index (χ3v) is 3.04. The lowest BCUT2D eigenvalue weighted by Crippen LogP contribution is -2.37. The molecular weight excluding hydrogens is 206 g/mol. The Kier molecular flexibility index (Phi) is 4.48. The maximum Gasteiger partial charge on any atom is 0.122 e. The number of nitrogens with zero attached hydrogens (tertiary/aromatic N) is 1. The summed E-state index contributed by atoms with van der Waals surface area (Å²) in [4.78, 5) is 2.36. The molecular formula is C12H21NO3. The molecule has 2 aliphatic rings. The van der Waals surface area contributed by atoms with E-state index in [0.29, 0.717) is 6.61 Å². The summed E-state index contributed by atoms with van der Waals surface area (Å²) in [5, 5.41) is 0. The van der Waals surface area contributed by atoms with Crippen molar-refractivity contribution in [1.82, 2.24) is 4.90 Å². The topological polar surface area (TPSA) is 30.9 Å². The van der Waals surface area contributed by atoms with Crippen molar-refractivity contribution in [1.29, 1.82) is 0 Å². The number of hydrogen-bond donors (Lipinski definition) is 0. The molecule has 0 spiro atoms. The van der Waals surface area contributed by atoms with Gasteiger partial charge in [0.15, 0.2) is 0 Å². The van der Waals surface area contributed by atoms with Crippen LogP contribution in [0.15, 0.2) is 12.0 Å². The Labute approximate surface area is 97.2 Å². The van der Waals surface area contributed by atoms with Gasteiger partial charge in [-0.05, 0) is 19.8 Å². The third kappa shape index (κ3) is 3.12. The van der Waals surface area contributed by atoms with E-state index < -0.39 is 0 Å². The Bertz CT molecular complexity index is 236. The molecule has 92 valence electrons. The molecule has 0 aromatic heterocycles. The van der Waals surface area contributed by atoms with E-state index in [4.69, 9.17) is 14.2 Å². The van der Waals surface area contributed by atoms with Gasteiger partial charge in [0.2, 0.25) is 0 Å². The van der Waals surface area contributed by atoms with Crippen LogP contribution in [0.3, 0.4) is 0 Å². The fraction of sp³-hybridized carbons (Fsp3) is 0.833. The molecule has 2 rings (SSSR count). The average molecular weight is 227 g/mol. The molecule has 0 bridgehead atoms. The number of hydrogen-bond acceptors (Lipinski definition) is 4. The molecule has 0 N–H and O–H groups in total. The summed E-state index contributed by atoms with van der Waals surface area (Å²) in [5.74, 6) is 0. The van der Waals surface area contributed by atoms with Crippen LogP contribution in [0.1, 0.15) is 19.8 Å². The normalized spacial score (nSPS) is 26.2. The minimum atomic E-state index is 0.241. The zero-order valence-electron chi connectivity index (χ0n) is 9.98. The molecule has 1 unspecified atom stereocenters. The van der Waals surface area contributed by atoms with Crippen LogP contribution in [-0.4, -0.2) is 50.5 Å². The Morgan fingerprint density at radius 1 is 1.44 bits per heavy atom. The van der Waals surface area contributed by atoms with Crippen LogP contribution in [0.5, 0.6) is 0 Å². The Balaban J connectivity index is 1.78. The van der Waals surface area contributed by atoms with Gasteiger partial charge >= 0.3 is 0 Å². The maximum absolute atomic E-state index is 5.68. The van der Waals surface area contributed by atoms with Gasteiger partial charge in [-0.25, -0.2) is 0 Å². The summed E-state index contributed by atoms with van der Waals surface area (Å²) >= 11 is 0. The number of allylic oxidation sites excluding steroid dienone is 1. The van der Waals surface area contributed by atoms with Crippen LogP contribution in [0.25, 0.3) is 0 Å². The van der Waals surface area contributed by atoms with E-state index in [1.807, 2.05) is 13.2 Å². The maximum atomic E-state index is 5.68. The molecule has 2 heterocycles. The first-order valence-electron chi connectivity index (χ1n) is 6.15. The lowest BCUT2D eigenvalue weighted by atomic mass is 10.1. The highest BCUT2D eigenvalue weighted by atomic mass is 16.5. The fourth-order valence-corrected chi connectivity index (χ4v) is 2.07. The predicted molar refractivity (Wildman–Crippen MR) is 61.1 cm³/mol. The largest absolute Gasteiger partial charge is 0.494 e. The molecule has 0 radical (unpaired) electrons. The monoisotopic (exact) mass is 227 g/mol. The molecule has 2 aliphatic heterocycles. The summed E-state index contributed by atoms with van der Waals surface area (Å²) in [6.07, 6.45) is 4.31. The summed E-state index contributed by atoms with van der Waals surface area (Å²) in [5.41, 5.74) is 1.32. The van der Waals surface area contributed by atoms with E-state index in [9.17, 15) is 0 Å². The standard InChI is InChI=1S/C12H21NO3/c1-2-14-10-12-4-3-11(9-16-12)13-5-7-15-8-6-13/h9,12H,2-8,10H2,1H3. The summed E-state index contributed by atoms with van der Waals surface area (Å²) in [7, 11) is 0. The Hall–Kier alpha value is -0.740. The van der Waals surface area contributed by atoms with Crippen molar-refractivity contribution in [2.75, 3.05) is 39.5 Å².